The summed E-state index contributed by atoms with van der Waals surface area (Å²) in [5, 5.41) is 2.53. The van der Waals surface area contributed by atoms with Gasteiger partial charge >= 0.3 is 5.97 Å². The Hall–Kier alpha value is -1.10. The summed E-state index contributed by atoms with van der Waals surface area (Å²) in [5.74, 6) is -0.225. The average molecular weight is 245 g/mol. The second-order valence-electron chi connectivity index (χ2n) is 5.63. The normalized spacial score (nSPS) is 13.4. The van der Waals surface area contributed by atoms with Gasteiger partial charge in [0.05, 0.1) is 0 Å². The number of esters is 1. The summed E-state index contributed by atoms with van der Waals surface area (Å²) in [6.45, 7) is 9.32. The lowest BCUT2D eigenvalue weighted by Crippen LogP contribution is -2.68. The molecule has 0 rings (SSSR count). The average Bonchev–Trinajstić information content (AvgIpc) is 2.10. The molecule has 100 valence electrons. The van der Waals surface area contributed by atoms with Crippen LogP contribution in [0.1, 0.15) is 41.0 Å². The van der Waals surface area contributed by atoms with Crippen LogP contribution in [0.15, 0.2) is 0 Å². The molecule has 0 aliphatic heterocycles. The van der Waals surface area contributed by atoms with Crippen LogP contribution in [0.5, 0.6) is 0 Å². The Bertz CT molecular complexity index is 269. The van der Waals surface area contributed by atoms with Crippen molar-refractivity contribution < 1.29 is 20.1 Å². The minimum atomic E-state index is -0.524. The lowest BCUT2D eigenvalue weighted by molar-refractivity contribution is -0.406. The first-order valence-corrected chi connectivity index (χ1v) is 5.94. The molecule has 0 unspecified atom stereocenters. The largest absolute Gasteiger partial charge is 0.459 e. The van der Waals surface area contributed by atoms with E-state index in [9.17, 15) is 9.59 Å². The summed E-state index contributed by atoms with van der Waals surface area (Å²) < 4.78 is 5.07. The number of ether oxygens (including phenoxy) is 1. The molecule has 0 radical (unpaired) electrons. The summed E-state index contributed by atoms with van der Waals surface area (Å²) in [7, 11) is 0. The molecule has 0 aromatic rings. The second kappa shape index (κ2) is 6.59. The molecule has 0 aliphatic rings. The van der Waals surface area contributed by atoms with Crippen LogP contribution in [0, 0.1) is 5.92 Å². The Kier molecular flexibility index (Phi) is 6.16. The van der Waals surface area contributed by atoms with Crippen molar-refractivity contribution in [3.05, 3.63) is 0 Å². The zero-order valence-electron chi connectivity index (χ0n) is 11.5. The second-order valence-corrected chi connectivity index (χ2v) is 5.63. The number of nitrogens with one attached hydrogen (secondary N) is 1. The molecular weight excluding hydrogens is 220 g/mol. The van der Waals surface area contributed by atoms with Crippen molar-refractivity contribution in [2.24, 2.45) is 5.92 Å². The third-order valence-electron chi connectivity index (χ3n) is 1.95. The van der Waals surface area contributed by atoms with E-state index in [1.165, 1.54) is 0 Å². The van der Waals surface area contributed by atoms with E-state index in [0.29, 0.717) is 12.3 Å². The number of amides is 1. The first-order chi connectivity index (χ1) is 7.61. The van der Waals surface area contributed by atoms with E-state index in [1.807, 2.05) is 13.8 Å². The molecule has 0 heterocycles. The number of quaternary nitrogens is 1. The lowest BCUT2D eigenvalue weighted by atomic mass is 10.0. The van der Waals surface area contributed by atoms with Crippen LogP contribution in [0.25, 0.3) is 0 Å². The van der Waals surface area contributed by atoms with Crippen molar-refractivity contribution in [3.63, 3.8) is 0 Å². The van der Waals surface area contributed by atoms with E-state index in [1.54, 1.807) is 20.8 Å². The minimum Gasteiger partial charge on any atom is -0.459 e. The van der Waals surface area contributed by atoms with Gasteiger partial charge in [0.15, 0.2) is 6.04 Å². The molecule has 5 heteroatoms. The molecule has 5 nitrogen and oxygen atoms in total. The van der Waals surface area contributed by atoms with Crippen molar-refractivity contribution >= 4 is 11.9 Å². The molecular formula is C12H25N2O3+. The highest BCUT2D eigenvalue weighted by molar-refractivity contribution is 5.84. The van der Waals surface area contributed by atoms with Gasteiger partial charge in [0.2, 0.25) is 0 Å². The van der Waals surface area contributed by atoms with Crippen LogP contribution in [0.3, 0.4) is 0 Å². The van der Waals surface area contributed by atoms with Gasteiger partial charge in [-0.3, -0.25) is 9.59 Å². The molecule has 17 heavy (non-hydrogen) atoms. The van der Waals surface area contributed by atoms with Crippen LogP contribution < -0.4 is 11.1 Å². The molecule has 0 spiro atoms. The van der Waals surface area contributed by atoms with Gasteiger partial charge in [-0.2, -0.15) is 0 Å². The zero-order valence-corrected chi connectivity index (χ0v) is 11.5. The summed E-state index contributed by atoms with van der Waals surface area (Å²) in [4.78, 5) is 22.9. The Balaban J connectivity index is 3.96. The summed E-state index contributed by atoms with van der Waals surface area (Å²) >= 11 is 0. The standard InChI is InChI=1S/C12H24N2O3/c1-8(2)6-9(13)11(16)14-7-10(15)17-12(3,4)5/h8-9H,6-7,13H2,1-5H3,(H,14,16)/p+1/t9-/m0/s1. The summed E-state index contributed by atoms with van der Waals surface area (Å²) in [6.07, 6.45) is 0.708. The van der Waals surface area contributed by atoms with E-state index < -0.39 is 11.6 Å². The number of carbonyl (C=O) groups excluding carboxylic acids is 2. The molecule has 0 aromatic carbocycles. The molecule has 1 atom stereocenters. The van der Waals surface area contributed by atoms with Gasteiger partial charge in [-0.1, -0.05) is 13.8 Å². The Morgan fingerprint density at radius 1 is 1.29 bits per heavy atom. The number of hydrogen-bond acceptors (Lipinski definition) is 3. The Morgan fingerprint density at radius 3 is 2.24 bits per heavy atom. The van der Waals surface area contributed by atoms with Gasteiger partial charge in [0.25, 0.3) is 5.91 Å². The molecule has 0 bridgehead atoms. The Morgan fingerprint density at radius 2 is 1.82 bits per heavy atom. The maximum atomic E-state index is 11.6. The molecule has 4 N–H and O–H groups in total. The third-order valence-corrected chi connectivity index (χ3v) is 1.95. The smallest absolute Gasteiger partial charge is 0.325 e. The topological polar surface area (TPSA) is 83.0 Å². The van der Waals surface area contributed by atoms with E-state index in [0.717, 1.165) is 0 Å². The lowest BCUT2D eigenvalue weighted by Gasteiger charge is -2.19. The number of carbonyl (C=O) groups is 2. The van der Waals surface area contributed by atoms with Crippen molar-refractivity contribution in [2.75, 3.05) is 6.54 Å². The van der Waals surface area contributed by atoms with Crippen LogP contribution in [-0.4, -0.2) is 30.1 Å². The van der Waals surface area contributed by atoms with Gasteiger partial charge < -0.3 is 15.8 Å². The predicted molar refractivity (Wildman–Crippen MR) is 65.0 cm³/mol. The highest BCUT2D eigenvalue weighted by atomic mass is 16.6. The van der Waals surface area contributed by atoms with Gasteiger partial charge in [-0.25, -0.2) is 0 Å². The van der Waals surface area contributed by atoms with E-state index >= 15 is 0 Å². The summed E-state index contributed by atoms with van der Waals surface area (Å²) in [5.41, 5.74) is 3.24. The molecule has 0 aromatic heterocycles. The monoisotopic (exact) mass is 245 g/mol. The highest BCUT2D eigenvalue weighted by Crippen LogP contribution is 2.06. The van der Waals surface area contributed by atoms with Crippen molar-refractivity contribution in [1.29, 1.82) is 0 Å². The first-order valence-electron chi connectivity index (χ1n) is 5.94. The van der Waals surface area contributed by atoms with Gasteiger partial charge in [0, 0.05) is 6.42 Å². The Labute approximate surface area is 103 Å². The number of hydrogen-bond donors (Lipinski definition) is 2. The number of rotatable bonds is 5. The minimum absolute atomic E-state index is 0.0970. The molecule has 1 amide bonds. The van der Waals surface area contributed by atoms with E-state index in [-0.39, 0.29) is 18.5 Å². The van der Waals surface area contributed by atoms with E-state index in [2.05, 4.69) is 11.1 Å². The van der Waals surface area contributed by atoms with E-state index in [4.69, 9.17) is 4.74 Å². The van der Waals surface area contributed by atoms with Gasteiger partial charge in [-0.15, -0.1) is 0 Å². The SMILES string of the molecule is CC(C)C[C@H]([NH3+])C(=O)NCC(=O)OC(C)(C)C. The molecule has 0 fully saturated rings. The van der Waals surface area contributed by atoms with Crippen LogP contribution in [0.2, 0.25) is 0 Å². The quantitative estimate of drug-likeness (QED) is 0.674. The van der Waals surface area contributed by atoms with Crippen molar-refractivity contribution in [2.45, 2.75) is 52.7 Å². The molecule has 0 saturated carbocycles. The molecule has 0 aliphatic carbocycles. The third kappa shape index (κ3) is 8.68. The molecule has 0 saturated heterocycles. The van der Waals surface area contributed by atoms with Crippen LogP contribution in [-0.2, 0) is 14.3 Å². The highest BCUT2D eigenvalue weighted by Gasteiger charge is 2.21. The van der Waals surface area contributed by atoms with Crippen molar-refractivity contribution in [1.82, 2.24) is 5.32 Å². The maximum absolute atomic E-state index is 11.6. The van der Waals surface area contributed by atoms with Crippen LogP contribution >= 0.6 is 0 Å². The first kappa shape index (κ1) is 15.9. The fraction of sp³-hybridized carbons (Fsp3) is 0.833. The maximum Gasteiger partial charge on any atom is 0.325 e. The van der Waals surface area contributed by atoms with Crippen LogP contribution in [0.4, 0.5) is 0 Å². The van der Waals surface area contributed by atoms with Gasteiger partial charge in [-0.05, 0) is 26.7 Å². The fourth-order valence-corrected chi connectivity index (χ4v) is 1.36. The van der Waals surface area contributed by atoms with Gasteiger partial charge in [0.1, 0.15) is 12.1 Å². The van der Waals surface area contributed by atoms with Crippen molar-refractivity contribution in [3.8, 4) is 0 Å². The zero-order chi connectivity index (χ0) is 13.6. The summed E-state index contributed by atoms with van der Waals surface area (Å²) in [6, 6.07) is -0.322. The fourth-order valence-electron chi connectivity index (χ4n) is 1.36. The predicted octanol–water partition coefficient (Wildman–Crippen LogP) is 0.101.